The Morgan fingerprint density at radius 1 is 1.47 bits per heavy atom. The molecule has 0 atom stereocenters. The van der Waals surface area contributed by atoms with E-state index in [1.54, 1.807) is 0 Å². The molecule has 1 aromatic heterocycles. The van der Waals surface area contributed by atoms with Crippen LogP contribution in [0.3, 0.4) is 0 Å². The Kier molecular flexibility index (Phi) is 2.95. The number of aromatic nitrogens is 3. The molecular formula is C9H14F2N4. The van der Waals surface area contributed by atoms with E-state index in [1.807, 2.05) is 0 Å². The van der Waals surface area contributed by atoms with Gasteiger partial charge in [0.05, 0.1) is 11.4 Å². The van der Waals surface area contributed by atoms with Gasteiger partial charge in [-0.15, -0.1) is 5.10 Å². The van der Waals surface area contributed by atoms with Crippen LogP contribution < -0.4 is 5.73 Å². The lowest BCUT2D eigenvalue weighted by Crippen LogP contribution is -2.20. The summed E-state index contributed by atoms with van der Waals surface area (Å²) in [5, 5.41) is 7.58. The summed E-state index contributed by atoms with van der Waals surface area (Å²) < 4.78 is 25.9. The molecule has 15 heavy (non-hydrogen) atoms. The molecule has 0 saturated heterocycles. The molecule has 2 N–H and O–H groups in total. The lowest BCUT2D eigenvalue weighted by molar-refractivity contribution is 0.118. The van der Waals surface area contributed by atoms with Gasteiger partial charge in [-0.3, -0.25) is 0 Å². The summed E-state index contributed by atoms with van der Waals surface area (Å²) in [7, 11) is 0. The van der Waals surface area contributed by atoms with Crippen molar-refractivity contribution in [3.05, 3.63) is 11.4 Å². The fourth-order valence-corrected chi connectivity index (χ4v) is 1.90. The first kappa shape index (κ1) is 10.5. The minimum Gasteiger partial charge on any atom is -0.325 e. The van der Waals surface area contributed by atoms with Gasteiger partial charge in [0, 0.05) is 12.5 Å². The van der Waals surface area contributed by atoms with Crippen molar-refractivity contribution in [2.24, 2.45) is 5.73 Å². The third-order valence-corrected chi connectivity index (χ3v) is 2.84. The number of hydrogen-bond acceptors (Lipinski definition) is 3. The molecule has 0 unspecified atom stereocenters. The van der Waals surface area contributed by atoms with E-state index in [-0.39, 0.29) is 13.1 Å². The van der Waals surface area contributed by atoms with Crippen LogP contribution in [-0.2, 0) is 13.1 Å². The van der Waals surface area contributed by atoms with Crippen molar-refractivity contribution in [1.82, 2.24) is 15.0 Å². The molecule has 0 amide bonds. The van der Waals surface area contributed by atoms with Crippen molar-refractivity contribution < 1.29 is 8.78 Å². The first-order valence-corrected chi connectivity index (χ1v) is 5.13. The zero-order chi connectivity index (χ0) is 10.8. The molecule has 1 aromatic rings. The monoisotopic (exact) mass is 216 g/mol. The van der Waals surface area contributed by atoms with E-state index in [1.165, 1.54) is 4.68 Å². The van der Waals surface area contributed by atoms with Crippen molar-refractivity contribution >= 4 is 0 Å². The Balaban J connectivity index is 2.24. The van der Waals surface area contributed by atoms with E-state index in [4.69, 9.17) is 5.73 Å². The Bertz CT molecular complexity index is 333. The normalized spacial score (nSPS) is 17.1. The highest BCUT2D eigenvalue weighted by Gasteiger charge is 2.27. The standard InChI is InChI=1S/C9H14F2N4/c10-8(11)5-15-9(6-2-1-3-6)7(4-12)13-14-15/h6,8H,1-5,12H2. The minimum atomic E-state index is -2.39. The van der Waals surface area contributed by atoms with Crippen molar-refractivity contribution in [3.63, 3.8) is 0 Å². The predicted molar refractivity (Wildman–Crippen MR) is 50.5 cm³/mol. The lowest BCUT2D eigenvalue weighted by Gasteiger charge is -2.26. The average molecular weight is 216 g/mol. The SMILES string of the molecule is NCc1nnn(CC(F)F)c1C1CCC1. The number of hydrogen-bond donors (Lipinski definition) is 1. The second-order valence-corrected chi connectivity index (χ2v) is 3.83. The molecule has 0 aliphatic heterocycles. The van der Waals surface area contributed by atoms with Gasteiger partial charge in [-0.2, -0.15) is 0 Å². The van der Waals surface area contributed by atoms with Gasteiger partial charge in [0.2, 0.25) is 0 Å². The van der Waals surface area contributed by atoms with Gasteiger partial charge in [0.15, 0.2) is 0 Å². The summed E-state index contributed by atoms with van der Waals surface area (Å²) in [5.74, 6) is 0.331. The molecule has 1 fully saturated rings. The molecule has 1 aliphatic rings. The van der Waals surface area contributed by atoms with Crippen LogP contribution in [0.25, 0.3) is 0 Å². The number of nitrogens with two attached hydrogens (primary N) is 1. The van der Waals surface area contributed by atoms with Gasteiger partial charge in [-0.1, -0.05) is 11.6 Å². The van der Waals surface area contributed by atoms with Gasteiger partial charge in [-0.05, 0) is 12.8 Å². The number of alkyl halides is 2. The van der Waals surface area contributed by atoms with Crippen LogP contribution in [-0.4, -0.2) is 21.4 Å². The highest BCUT2D eigenvalue weighted by molar-refractivity contribution is 5.17. The summed E-state index contributed by atoms with van der Waals surface area (Å²) in [6.07, 6.45) is 0.818. The summed E-state index contributed by atoms with van der Waals surface area (Å²) in [6.45, 7) is -0.103. The second-order valence-electron chi connectivity index (χ2n) is 3.83. The van der Waals surface area contributed by atoms with E-state index < -0.39 is 6.43 Å². The first-order chi connectivity index (χ1) is 7.22. The van der Waals surface area contributed by atoms with Gasteiger partial charge >= 0.3 is 0 Å². The number of rotatable bonds is 4. The quantitative estimate of drug-likeness (QED) is 0.824. The van der Waals surface area contributed by atoms with E-state index in [9.17, 15) is 8.78 Å². The number of nitrogens with zero attached hydrogens (tertiary/aromatic N) is 3. The third kappa shape index (κ3) is 1.99. The maximum atomic E-state index is 12.3. The Hall–Kier alpha value is -1.04. The molecule has 0 radical (unpaired) electrons. The second kappa shape index (κ2) is 4.22. The molecule has 0 spiro atoms. The fraction of sp³-hybridized carbons (Fsp3) is 0.778. The molecule has 84 valence electrons. The van der Waals surface area contributed by atoms with Crippen LogP contribution in [0.5, 0.6) is 0 Å². The van der Waals surface area contributed by atoms with Crippen molar-refractivity contribution in [2.45, 2.75) is 44.7 Å². The molecule has 4 nitrogen and oxygen atoms in total. The summed E-state index contributed by atoms with van der Waals surface area (Å²) in [5.41, 5.74) is 7.00. The topological polar surface area (TPSA) is 56.7 Å². The molecule has 1 heterocycles. The zero-order valence-electron chi connectivity index (χ0n) is 8.37. The van der Waals surface area contributed by atoms with Crippen LogP contribution in [0.4, 0.5) is 8.78 Å². The van der Waals surface area contributed by atoms with Crippen LogP contribution in [0.1, 0.15) is 36.6 Å². The summed E-state index contributed by atoms with van der Waals surface area (Å²) in [6, 6.07) is 0. The van der Waals surface area contributed by atoms with Crippen molar-refractivity contribution in [1.29, 1.82) is 0 Å². The minimum absolute atomic E-state index is 0.273. The molecule has 1 saturated carbocycles. The molecule has 0 aromatic carbocycles. The highest BCUT2D eigenvalue weighted by atomic mass is 19.3. The molecule has 1 aliphatic carbocycles. The largest absolute Gasteiger partial charge is 0.325 e. The van der Waals surface area contributed by atoms with Crippen LogP contribution in [0, 0.1) is 0 Å². The van der Waals surface area contributed by atoms with Gasteiger partial charge in [0.1, 0.15) is 6.54 Å². The van der Waals surface area contributed by atoms with Crippen molar-refractivity contribution in [2.75, 3.05) is 0 Å². The van der Waals surface area contributed by atoms with E-state index in [0.29, 0.717) is 11.6 Å². The Morgan fingerprint density at radius 3 is 2.67 bits per heavy atom. The number of halogens is 2. The van der Waals surface area contributed by atoms with Gasteiger partial charge in [-0.25, -0.2) is 13.5 Å². The molecule has 6 heteroatoms. The summed E-state index contributed by atoms with van der Waals surface area (Å²) >= 11 is 0. The Labute approximate surface area is 86.4 Å². The maximum Gasteiger partial charge on any atom is 0.257 e. The van der Waals surface area contributed by atoms with E-state index in [2.05, 4.69) is 10.3 Å². The lowest BCUT2D eigenvalue weighted by atomic mass is 9.82. The smallest absolute Gasteiger partial charge is 0.257 e. The zero-order valence-corrected chi connectivity index (χ0v) is 8.37. The van der Waals surface area contributed by atoms with E-state index >= 15 is 0 Å². The maximum absolute atomic E-state index is 12.3. The van der Waals surface area contributed by atoms with Crippen LogP contribution in [0.15, 0.2) is 0 Å². The van der Waals surface area contributed by atoms with Gasteiger partial charge < -0.3 is 5.73 Å². The van der Waals surface area contributed by atoms with Crippen molar-refractivity contribution in [3.8, 4) is 0 Å². The van der Waals surface area contributed by atoms with Gasteiger partial charge in [0.25, 0.3) is 6.43 Å². The Morgan fingerprint density at radius 2 is 2.20 bits per heavy atom. The van der Waals surface area contributed by atoms with Crippen LogP contribution >= 0.6 is 0 Å². The molecule has 2 rings (SSSR count). The third-order valence-electron chi connectivity index (χ3n) is 2.84. The predicted octanol–water partition coefficient (Wildman–Crippen LogP) is 1.27. The molecular weight excluding hydrogens is 202 g/mol. The van der Waals surface area contributed by atoms with E-state index in [0.717, 1.165) is 25.0 Å². The molecule has 0 bridgehead atoms. The fourth-order valence-electron chi connectivity index (χ4n) is 1.90. The van der Waals surface area contributed by atoms with Crippen LogP contribution in [0.2, 0.25) is 0 Å². The summed E-state index contributed by atoms with van der Waals surface area (Å²) in [4.78, 5) is 0. The average Bonchev–Trinajstić information content (AvgIpc) is 2.45. The first-order valence-electron chi connectivity index (χ1n) is 5.13. The highest BCUT2D eigenvalue weighted by Crippen LogP contribution is 2.37.